The number of aromatic amines is 1. The minimum atomic E-state index is -3.20. The van der Waals surface area contributed by atoms with Gasteiger partial charge in [-0.1, -0.05) is 12.1 Å². The maximum absolute atomic E-state index is 12.3. The number of nitrogens with one attached hydrogen (secondary N) is 2. The Morgan fingerprint density at radius 3 is 2.48 bits per heavy atom. The van der Waals surface area contributed by atoms with Crippen LogP contribution in [0.5, 0.6) is 0 Å². The Hall–Kier alpha value is -2.62. The Balaban J connectivity index is 1.44. The first kappa shape index (κ1) is 19.2. The highest BCUT2D eigenvalue weighted by Gasteiger charge is 2.24. The average molecular weight is 393 g/mol. The van der Waals surface area contributed by atoms with Gasteiger partial charge in [-0.3, -0.25) is 4.57 Å². The van der Waals surface area contributed by atoms with E-state index in [-0.39, 0.29) is 22.7 Å². The van der Waals surface area contributed by atoms with Crippen molar-refractivity contribution in [1.29, 1.82) is 0 Å². The maximum Gasteiger partial charge on any atom is 0.343 e. The van der Waals surface area contributed by atoms with Crippen molar-refractivity contribution in [1.82, 2.24) is 25.0 Å². The van der Waals surface area contributed by atoms with Crippen LogP contribution in [-0.2, 0) is 16.3 Å². The summed E-state index contributed by atoms with van der Waals surface area (Å²) in [6.07, 6.45) is 4.71. The predicted molar refractivity (Wildman–Crippen MR) is 99.3 cm³/mol. The summed E-state index contributed by atoms with van der Waals surface area (Å²) in [5.74, 6) is 0. The van der Waals surface area contributed by atoms with E-state index >= 15 is 0 Å². The number of hydrogen-bond acceptors (Lipinski definition) is 5. The molecule has 2 N–H and O–H groups in total. The molecule has 0 bridgehead atoms. The molecule has 0 spiro atoms. The van der Waals surface area contributed by atoms with Gasteiger partial charge in [0.05, 0.1) is 4.90 Å². The number of likely N-dealkylation sites (tertiary alicyclic amines) is 1. The zero-order chi connectivity index (χ0) is 19.4. The third-order valence-corrected chi connectivity index (χ3v) is 5.89. The monoisotopic (exact) mass is 393 g/mol. The fourth-order valence-corrected chi connectivity index (χ4v) is 3.82. The molecule has 1 fully saturated rings. The highest BCUT2D eigenvalue weighted by molar-refractivity contribution is 7.90. The number of carbonyl (C=O) groups excluding carboxylic acids is 1. The molecule has 0 unspecified atom stereocenters. The van der Waals surface area contributed by atoms with E-state index in [4.69, 9.17) is 0 Å². The molecule has 9 nitrogen and oxygen atoms in total. The Morgan fingerprint density at radius 1 is 1.26 bits per heavy atom. The zero-order valence-corrected chi connectivity index (χ0v) is 15.9. The van der Waals surface area contributed by atoms with Gasteiger partial charge in [0.2, 0.25) is 0 Å². The molecular weight excluding hydrogens is 370 g/mol. The van der Waals surface area contributed by atoms with Crippen molar-refractivity contribution >= 4 is 15.9 Å². The summed E-state index contributed by atoms with van der Waals surface area (Å²) in [6, 6.07) is 6.62. The average Bonchev–Trinajstić information content (AvgIpc) is 3.07. The molecule has 2 aromatic rings. The van der Waals surface area contributed by atoms with E-state index in [1.165, 1.54) is 12.6 Å². The van der Waals surface area contributed by atoms with Crippen molar-refractivity contribution in [3.8, 4) is 0 Å². The Bertz CT molecular complexity index is 940. The molecule has 0 radical (unpaired) electrons. The van der Waals surface area contributed by atoms with Crippen LogP contribution in [0.25, 0.3) is 0 Å². The van der Waals surface area contributed by atoms with E-state index in [1.54, 1.807) is 33.7 Å². The smallest absolute Gasteiger partial charge is 0.338 e. The highest BCUT2D eigenvalue weighted by atomic mass is 32.2. The molecule has 1 aliphatic heterocycles. The first-order valence-electron chi connectivity index (χ1n) is 8.78. The maximum atomic E-state index is 12.3. The number of nitrogens with zero attached hydrogens (tertiary/aromatic N) is 3. The van der Waals surface area contributed by atoms with E-state index in [0.29, 0.717) is 38.9 Å². The van der Waals surface area contributed by atoms with Crippen molar-refractivity contribution < 1.29 is 13.2 Å². The highest BCUT2D eigenvalue weighted by Crippen LogP contribution is 2.20. The number of amides is 2. The van der Waals surface area contributed by atoms with Crippen molar-refractivity contribution in [3.05, 3.63) is 46.6 Å². The lowest BCUT2D eigenvalue weighted by molar-refractivity contribution is 0.171. The first-order chi connectivity index (χ1) is 12.8. The van der Waals surface area contributed by atoms with Crippen molar-refractivity contribution in [3.63, 3.8) is 0 Å². The van der Waals surface area contributed by atoms with Crippen LogP contribution in [0.1, 0.15) is 24.4 Å². The SMILES string of the molecule is CS(=O)(=O)c1ccc(CCNC(=O)N2CCC(n3cn[nH]c3=O)CC2)cc1. The standard InChI is InChI=1S/C17H23N5O4S/c1-27(25,26)15-4-2-13(3-5-15)6-9-18-16(23)21-10-7-14(8-11-21)22-12-19-20-17(22)24/h2-5,12,14H,6-11H2,1H3,(H,18,23)(H,20,24). The van der Waals surface area contributed by atoms with Crippen LogP contribution >= 0.6 is 0 Å². The predicted octanol–water partition coefficient (Wildman–Crippen LogP) is 0.564. The molecule has 2 heterocycles. The van der Waals surface area contributed by atoms with Gasteiger partial charge < -0.3 is 10.2 Å². The van der Waals surface area contributed by atoms with Gasteiger partial charge >= 0.3 is 11.7 Å². The van der Waals surface area contributed by atoms with Crippen LogP contribution in [-0.4, -0.2) is 60.0 Å². The molecule has 10 heteroatoms. The molecule has 0 aliphatic carbocycles. The van der Waals surface area contributed by atoms with E-state index in [2.05, 4.69) is 15.5 Å². The lowest BCUT2D eigenvalue weighted by atomic mass is 10.1. The summed E-state index contributed by atoms with van der Waals surface area (Å²) >= 11 is 0. The topological polar surface area (TPSA) is 117 Å². The fraction of sp³-hybridized carbons (Fsp3) is 0.471. The number of hydrogen-bond donors (Lipinski definition) is 2. The first-order valence-corrected chi connectivity index (χ1v) is 10.7. The molecular formula is C17H23N5O4S. The number of H-pyrrole nitrogens is 1. The minimum absolute atomic E-state index is 0.0636. The molecule has 146 valence electrons. The second kappa shape index (κ2) is 7.95. The number of piperidine rings is 1. The summed E-state index contributed by atoms with van der Waals surface area (Å²) in [6.45, 7) is 1.63. The number of benzene rings is 1. The number of aromatic nitrogens is 3. The Morgan fingerprint density at radius 2 is 1.93 bits per heavy atom. The van der Waals surface area contributed by atoms with Crippen LogP contribution in [0.3, 0.4) is 0 Å². The molecule has 1 aliphatic rings. The van der Waals surface area contributed by atoms with Gasteiger partial charge in [-0.25, -0.2) is 23.1 Å². The Labute approximate surface area is 157 Å². The van der Waals surface area contributed by atoms with Crippen LogP contribution in [0.15, 0.2) is 40.3 Å². The van der Waals surface area contributed by atoms with Gasteiger partial charge in [-0.15, -0.1) is 0 Å². The molecule has 2 amide bonds. The third kappa shape index (κ3) is 4.76. The molecule has 1 aromatic carbocycles. The van der Waals surface area contributed by atoms with Gasteiger partial charge in [0.1, 0.15) is 6.33 Å². The molecule has 0 atom stereocenters. The Kier molecular flexibility index (Phi) is 5.64. The van der Waals surface area contributed by atoms with Gasteiger partial charge in [-0.2, -0.15) is 5.10 Å². The third-order valence-electron chi connectivity index (χ3n) is 4.76. The normalized spacial score (nSPS) is 15.7. The van der Waals surface area contributed by atoms with Crippen molar-refractivity contribution in [2.45, 2.75) is 30.2 Å². The summed E-state index contributed by atoms with van der Waals surface area (Å²) in [5, 5.41) is 9.01. The molecule has 0 saturated carbocycles. The number of rotatable bonds is 5. The van der Waals surface area contributed by atoms with Crippen molar-refractivity contribution in [2.24, 2.45) is 0 Å². The second-order valence-corrected chi connectivity index (χ2v) is 8.70. The number of carbonyl (C=O) groups is 1. The largest absolute Gasteiger partial charge is 0.343 e. The minimum Gasteiger partial charge on any atom is -0.338 e. The fourth-order valence-electron chi connectivity index (χ4n) is 3.19. The summed E-state index contributed by atoms with van der Waals surface area (Å²) in [5.41, 5.74) is 0.737. The van der Waals surface area contributed by atoms with Crippen LogP contribution in [0.4, 0.5) is 4.79 Å². The van der Waals surface area contributed by atoms with Gasteiger partial charge in [-0.05, 0) is 37.0 Å². The summed E-state index contributed by atoms with van der Waals surface area (Å²) in [7, 11) is -3.20. The van der Waals surface area contributed by atoms with Crippen LogP contribution in [0.2, 0.25) is 0 Å². The lowest BCUT2D eigenvalue weighted by Crippen LogP contribution is -2.45. The van der Waals surface area contributed by atoms with Crippen molar-refractivity contribution in [2.75, 3.05) is 25.9 Å². The number of urea groups is 1. The van der Waals surface area contributed by atoms with Gasteiger partial charge in [0, 0.05) is 31.9 Å². The second-order valence-electron chi connectivity index (χ2n) is 6.69. The summed E-state index contributed by atoms with van der Waals surface area (Å²) in [4.78, 5) is 25.9. The lowest BCUT2D eigenvalue weighted by Gasteiger charge is -2.32. The molecule has 1 saturated heterocycles. The quantitative estimate of drug-likeness (QED) is 0.770. The summed E-state index contributed by atoms with van der Waals surface area (Å²) < 4.78 is 24.5. The molecule has 27 heavy (non-hydrogen) atoms. The zero-order valence-electron chi connectivity index (χ0n) is 15.1. The van der Waals surface area contributed by atoms with E-state index < -0.39 is 9.84 Å². The van der Waals surface area contributed by atoms with Crippen LogP contribution < -0.4 is 11.0 Å². The van der Waals surface area contributed by atoms with E-state index in [1.807, 2.05) is 0 Å². The van der Waals surface area contributed by atoms with E-state index in [0.717, 1.165) is 5.56 Å². The molecule has 1 aromatic heterocycles. The van der Waals surface area contributed by atoms with Gasteiger partial charge in [0.15, 0.2) is 9.84 Å². The van der Waals surface area contributed by atoms with Crippen LogP contribution in [0, 0.1) is 0 Å². The van der Waals surface area contributed by atoms with Gasteiger partial charge in [0.25, 0.3) is 0 Å². The van der Waals surface area contributed by atoms with E-state index in [9.17, 15) is 18.0 Å². The molecule has 3 rings (SSSR count). The number of sulfone groups is 1.